The number of nitrogens with one attached hydrogen (secondary N) is 1. The van der Waals surface area contributed by atoms with Gasteiger partial charge in [-0.2, -0.15) is 0 Å². The summed E-state index contributed by atoms with van der Waals surface area (Å²) in [5.41, 5.74) is 0.970. The van der Waals surface area contributed by atoms with Crippen LogP contribution in [0.4, 0.5) is 0 Å². The fraction of sp³-hybridized carbons (Fsp3) is 0.688. The highest BCUT2D eigenvalue weighted by Crippen LogP contribution is 2.09. The van der Waals surface area contributed by atoms with E-state index in [1.807, 2.05) is 19.9 Å². The molecule has 0 aliphatic carbocycles. The third-order valence-electron chi connectivity index (χ3n) is 3.93. The third-order valence-corrected chi connectivity index (χ3v) is 3.93. The second-order valence-corrected chi connectivity index (χ2v) is 6.15. The molecule has 1 N–H and O–H groups in total. The highest BCUT2D eigenvalue weighted by molar-refractivity contribution is 5.84. The van der Waals surface area contributed by atoms with E-state index in [0.29, 0.717) is 0 Å². The molecule has 0 atom stereocenters. The molecule has 0 saturated carbocycles. The minimum atomic E-state index is 0.00504. The van der Waals surface area contributed by atoms with E-state index in [1.54, 1.807) is 19.0 Å². The minimum absolute atomic E-state index is 0.00504. The quantitative estimate of drug-likeness (QED) is 0.609. The van der Waals surface area contributed by atoms with Gasteiger partial charge in [0, 0.05) is 59.4 Å². The Morgan fingerprint density at radius 1 is 1.38 bits per heavy atom. The average Bonchev–Trinajstić information content (AvgIpc) is 2.97. The van der Waals surface area contributed by atoms with Gasteiger partial charge in [-0.1, -0.05) is 5.16 Å². The summed E-state index contributed by atoms with van der Waals surface area (Å²) in [6, 6.07) is 1.98. The number of hydrogen-bond acceptors (Lipinski definition) is 5. The normalized spacial score (nSPS) is 16.3. The summed E-state index contributed by atoms with van der Waals surface area (Å²) in [6.45, 7) is 9.31. The molecule has 2 rings (SSSR count). The molecule has 1 aliphatic rings. The van der Waals surface area contributed by atoms with Gasteiger partial charge >= 0.3 is 0 Å². The zero-order valence-corrected chi connectivity index (χ0v) is 15.1. The van der Waals surface area contributed by atoms with E-state index < -0.39 is 0 Å². The minimum Gasteiger partial charge on any atom is -0.361 e. The summed E-state index contributed by atoms with van der Waals surface area (Å²) >= 11 is 0. The van der Waals surface area contributed by atoms with Gasteiger partial charge in [0.05, 0.1) is 5.69 Å². The summed E-state index contributed by atoms with van der Waals surface area (Å²) in [5.74, 6) is 1.66. The van der Waals surface area contributed by atoms with Crippen molar-refractivity contribution in [3.8, 4) is 0 Å². The molecule has 1 saturated heterocycles. The standard InChI is InChI=1S/C16H28N6O2/c1-5-17-16(18-11-15(23)20(3)4)22-8-6-21(7-9-22)12-14-10-13(2)24-19-14/h10H,5-9,11-12H2,1-4H3,(H,17,18). The summed E-state index contributed by atoms with van der Waals surface area (Å²) < 4.78 is 5.12. The second kappa shape index (κ2) is 8.68. The van der Waals surface area contributed by atoms with Crippen molar-refractivity contribution in [2.24, 2.45) is 4.99 Å². The van der Waals surface area contributed by atoms with Gasteiger partial charge in [0.15, 0.2) is 5.96 Å². The number of aromatic nitrogens is 1. The molecule has 2 heterocycles. The summed E-state index contributed by atoms with van der Waals surface area (Å²) in [4.78, 5) is 22.3. The van der Waals surface area contributed by atoms with Crippen LogP contribution in [0.2, 0.25) is 0 Å². The number of carbonyl (C=O) groups is 1. The van der Waals surface area contributed by atoms with E-state index in [-0.39, 0.29) is 12.5 Å². The fourth-order valence-corrected chi connectivity index (χ4v) is 2.55. The molecule has 0 bridgehead atoms. The van der Waals surface area contributed by atoms with Gasteiger partial charge in [0.1, 0.15) is 12.3 Å². The highest BCUT2D eigenvalue weighted by atomic mass is 16.5. The van der Waals surface area contributed by atoms with Gasteiger partial charge in [-0.05, 0) is 13.8 Å². The van der Waals surface area contributed by atoms with Crippen LogP contribution in [-0.4, -0.2) is 85.1 Å². The molecule has 1 amide bonds. The number of aryl methyl sites for hydroxylation is 1. The molecule has 134 valence electrons. The lowest BCUT2D eigenvalue weighted by Gasteiger charge is -2.36. The molecular formula is C16H28N6O2. The van der Waals surface area contributed by atoms with E-state index >= 15 is 0 Å². The van der Waals surface area contributed by atoms with E-state index in [4.69, 9.17) is 4.52 Å². The van der Waals surface area contributed by atoms with E-state index in [0.717, 1.165) is 56.7 Å². The number of carbonyl (C=O) groups excluding carboxylic acids is 1. The number of piperazine rings is 1. The molecule has 1 fully saturated rings. The first kappa shape index (κ1) is 18.3. The Morgan fingerprint density at radius 3 is 2.62 bits per heavy atom. The Bertz CT molecular complexity index is 561. The van der Waals surface area contributed by atoms with Crippen molar-refractivity contribution in [3.05, 3.63) is 17.5 Å². The largest absolute Gasteiger partial charge is 0.361 e. The summed E-state index contributed by atoms with van der Waals surface area (Å²) in [6.07, 6.45) is 0. The predicted octanol–water partition coefficient (Wildman–Crippen LogP) is 0.154. The second-order valence-electron chi connectivity index (χ2n) is 6.15. The number of rotatable bonds is 5. The summed E-state index contributed by atoms with van der Waals surface area (Å²) in [5, 5.41) is 7.32. The van der Waals surface area contributed by atoms with Crippen molar-refractivity contribution in [3.63, 3.8) is 0 Å². The molecule has 0 radical (unpaired) electrons. The predicted molar refractivity (Wildman–Crippen MR) is 92.8 cm³/mol. The lowest BCUT2D eigenvalue weighted by Crippen LogP contribution is -2.52. The molecule has 8 nitrogen and oxygen atoms in total. The zero-order chi connectivity index (χ0) is 17.5. The maximum Gasteiger partial charge on any atom is 0.243 e. The van der Waals surface area contributed by atoms with Crippen molar-refractivity contribution in [2.75, 3.05) is 53.4 Å². The van der Waals surface area contributed by atoms with Crippen LogP contribution < -0.4 is 5.32 Å². The number of guanidine groups is 1. The first-order valence-corrected chi connectivity index (χ1v) is 8.37. The SMILES string of the molecule is CCNC(=NCC(=O)N(C)C)N1CCN(Cc2cc(C)on2)CC1. The average molecular weight is 336 g/mol. The van der Waals surface area contributed by atoms with Crippen LogP contribution in [0.3, 0.4) is 0 Å². The molecule has 24 heavy (non-hydrogen) atoms. The van der Waals surface area contributed by atoms with E-state index in [9.17, 15) is 4.79 Å². The maximum atomic E-state index is 11.7. The highest BCUT2D eigenvalue weighted by Gasteiger charge is 2.20. The van der Waals surface area contributed by atoms with Crippen LogP contribution in [0, 0.1) is 6.92 Å². The monoisotopic (exact) mass is 336 g/mol. The van der Waals surface area contributed by atoms with E-state index in [1.165, 1.54) is 0 Å². The molecule has 0 spiro atoms. The number of nitrogens with zero attached hydrogens (tertiary/aromatic N) is 5. The van der Waals surface area contributed by atoms with Crippen molar-refractivity contribution in [1.82, 2.24) is 25.2 Å². The van der Waals surface area contributed by atoms with Gasteiger partial charge in [-0.25, -0.2) is 4.99 Å². The van der Waals surface area contributed by atoms with Crippen LogP contribution in [-0.2, 0) is 11.3 Å². The van der Waals surface area contributed by atoms with Gasteiger partial charge < -0.3 is 19.6 Å². The van der Waals surface area contributed by atoms with Crippen LogP contribution >= 0.6 is 0 Å². The number of amides is 1. The van der Waals surface area contributed by atoms with E-state index in [2.05, 4.69) is 25.3 Å². The van der Waals surface area contributed by atoms with Crippen molar-refractivity contribution in [2.45, 2.75) is 20.4 Å². The first-order chi connectivity index (χ1) is 11.5. The van der Waals surface area contributed by atoms with Crippen LogP contribution in [0.1, 0.15) is 18.4 Å². The molecule has 0 aromatic carbocycles. The summed E-state index contributed by atoms with van der Waals surface area (Å²) in [7, 11) is 3.49. The molecule has 1 aliphatic heterocycles. The van der Waals surface area contributed by atoms with Crippen molar-refractivity contribution in [1.29, 1.82) is 0 Å². The topological polar surface area (TPSA) is 77.2 Å². The lowest BCUT2D eigenvalue weighted by atomic mass is 10.3. The number of aliphatic imine (C=N–C) groups is 1. The van der Waals surface area contributed by atoms with Crippen molar-refractivity contribution < 1.29 is 9.32 Å². The Morgan fingerprint density at radius 2 is 2.08 bits per heavy atom. The maximum absolute atomic E-state index is 11.7. The number of likely N-dealkylation sites (N-methyl/N-ethyl adjacent to an activating group) is 1. The molecule has 0 unspecified atom stereocenters. The van der Waals surface area contributed by atoms with Crippen molar-refractivity contribution >= 4 is 11.9 Å². The third kappa shape index (κ3) is 5.23. The Hall–Kier alpha value is -2.09. The van der Waals surface area contributed by atoms with Crippen LogP contribution in [0.25, 0.3) is 0 Å². The van der Waals surface area contributed by atoms with Gasteiger partial charge in [0.25, 0.3) is 0 Å². The lowest BCUT2D eigenvalue weighted by molar-refractivity contribution is -0.127. The van der Waals surface area contributed by atoms with Gasteiger partial charge in [-0.3, -0.25) is 9.69 Å². The Labute approximate surface area is 143 Å². The van der Waals surface area contributed by atoms with Gasteiger partial charge in [-0.15, -0.1) is 0 Å². The fourth-order valence-electron chi connectivity index (χ4n) is 2.55. The van der Waals surface area contributed by atoms with Gasteiger partial charge in [0.2, 0.25) is 5.91 Å². The van der Waals surface area contributed by atoms with Crippen LogP contribution in [0.5, 0.6) is 0 Å². The Balaban J connectivity index is 1.87. The first-order valence-electron chi connectivity index (χ1n) is 8.37. The molecule has 1 aromatic rings. The smallest absolute Gasteiger partial charge is 0.243 e. The number of hydrogen-bond donors (Lipinski definition) is 1. The zero-order valence-electron chi connectivity index (χ0n) is 15.1. The Kier molecular flexibility index (Phi) is 6.60. The van der Waals surface area contributed by atoms with Crippen LogP contribution in [0.15, 0.2) is 15.6 Å². The molecular weight excluding hydrogens is 308 g/mol. The molecule has 1 aromatic heterocycles. The molecule has 8 heteroatoms.